The zero-order valence-corrected chi connectivity index (χ0v) is 24.1. The molecule has 0 aliphatic rings. The Morgan fingerprint density at radius 3 is 1.44 bits per heavy atom. The summed E-state index contributed by atoms with van der Waals surface area (Å²) >= 11 is 0. The molecule has 0 amide bonds. The zero-order valence-electron chi connectivity index (χ0n) is 24.1. The van der Waals surface area contributed by atoms with Crippen LogP contribution in [-0.2, 0) is 0 Å². The number of para-hydroxylation sites is 1. The van der Waals surface area contributed by atoms with Crippen LogP contribution < -0.4 is 5.43 Å². The molecule has 2 aromatic heterocycles. The lowest BCUT2D eigenvalue weighted by Crippen LogP contribution is -2.01. The van der Waals surface area contributed by atoms with E-state index in [4.69, 9.17) is 19.4 Å². The van der Waals surface area contributed by atoms with Crippen molar-refractivity contribution in [2.24, 2.45) is 0 Å². The highest BCUT2D eigenvalue weighted by molar-refractivity contribution is 5.92. The highest BCUT2D eigenvalue weighted by Gasteiger charge is 2.13. The van der Waals surface area contributed by atoms with Gasteiger partial charge in [0.25, 0.3) is 0 Å². The van der Waals surface area contributed by atoms with Crippen molar-refractivity contribution >= 4 is 21.9 Å². The summed E-state index contributed by atoms with van der Waals surface area (Å²) in [5, 5.41) is 1.17. The lowest BCUT2D eigenvalue weighted by atomic mass is 9.97. The van der Waals surface area contributed by atoms with Crippen molar-refractivity contribution in [1.82, 2.24) is 15.0 Å². The van der Waals surface area contributed by atoms with Gasteiger partial charge in [0, 0.05) is 16.7 Å². The Balaban J connectivity index is 1.14. The van der Waals surface area contributed by atoms with Crippen LogP contribution in [0, 0.1) is 0 Å². The summed E-state index contributed by atoms with van der Waals surface area (Å²) < 4.78 is 6.12. The second kappa shape index (κ2) is 11.1. The standard InChI is InChI=1S/C40H25N3O2/c44-37-33-16-7-8-17-35(33)45-36-25-32(22-23-34(36)37)31-15-9-14-30(24-31)26-18-20-29(21-19-26)40-42-38(27-10-3-1-4-11-27)41-39(43-40)28-12-5-2-6-13-28/h1-25H. The molecule has 8 rings (SSSR count). The Kier molecular flexibility index (Phi) is 6.54. The van der Waals surface area contributed by atoms with Gasteiger partial charge in [0.05, 0.1) is 10.8 Å². The third-order valence-electron chi connectivity index (χ3n) is 7.95. The van der Waals surface area contributed by atoms with Crippen LogP contribution in [0.25, 0.3) is 78.4 Å². The largest absolute Gasteiger partial charge is 0.456 e. The Morgan fingerprint density at radius 2 is 0.800 bits per heavy atom. The molecule has 5 heteroatoms. The number of hydrogen-bond acceptors (Lipinski definition) is 5. The van der Waals surface area contributed by atoms with E-state index in [0.717, 1.165) is 38.9 Å². The van der Waals surface area contributed by atoms with Crippen LogP contribution in [0.3, 0.4) is 0 Å². The predicted octanol–water partition coefficient (Wildman–Crippen LogP) is 9.47. The van der Waals surface area contributed by atoms with Gasteiger partial charge in [0.15, 0.2) is 17.5 Å². The molecule has 0 bridgehead atoms. The minimum absolute atomic E-state index is 0.0165. The maximum absolute atomic E-state index is 13.0. The van der Waals surface area contributed by atoms with E-state index in [9.17, 15) is 4.79 Å². The fourth-order valence-corrected chi connectivity index (χ4v) is 5.61. The van der Waals surface area contributed by atoms with Gasteiger partial charge in [0.2, 0.25) is 5.43 Å². The molecule has 0 N–H and O–H groups in total. The van der Waals surface area contributed by atoms with E-state index >= 15 is 0 Å². The second-order valence-corrected chi connectivity index (χ2v) is 10.8. The van der Waals surface area contributed by atoms with E-state index in [1.54, 1.807) is 6.07 Å². The molecule has 5 nitrogen and oxygen atoms in total. The molecule has 0 aliphatic carbocycles. The summed E-state index contributed by atoms with van der Waals surface area (Å²) in [6.45, 7) is 0. The van der Waals surface area contributed by atoms with E-state index in [1.807, 2.05) is 103 Å². The van der Waals surface area contributed by atoms with Crippen molar-refractivity contribution < 1.29 is 4.42 Å². The SMILES string of the molecule is O=c1c2ccccc2oc2cc(-c3cccc(-c4ccc(-c5nc(-c6ccccc6)nc(-c6ccccc6)n5)cc4)c3)ccc12. The highest BCUT2D eigenvalue weighted by Crippen LogP contribution is 2.31. The van der Waals surface area contributed by atoms with Gasteiger partial charge in [0.1, 0.15) is 11.2 Å². The van der Waals surface area contributed by atoms with Crippen LogP contribution >= 0.6 is 0 Å². The van der Waals surface area contributed by atoms with Gasteiger partial charge >= 0.3 is 0 Å². The van der Waals surface area contributed by atoms with Gasteiger partial charge in [-0.2, -0.15) is 0 Å². The van der Waals surface area contributed by atoms with Crippen molar-refractivity contribution in [3.63, 3.8) is 0 Å². The number of nitrogens with zero attached hydrogens (tertiary/aromatic N) is 3. The van der Waals surface area contributed by atoms with Crippen molar-refractivity contribution in [3.8, 4) is 56.4 Å². The van der Waals surface area contributed by atoms with Gasteiger partial charge < -0.3 is 4.42 Å². The van der Waals surface area contributed by atoms with Gasteiger partial charge in [-0.05, 0) is 52.6 Å². The lowest BCUT2D eigenvalue weighted by molar-refractivity contribution is 0.660. The second-order valence-electron chi connectivity index (χ2n) is 10.8. The number of aromatic nitrogens is 3. The van der Waals surface area contributed by atoms with E-state index in [2.05, 4.69) is 42.5 Å². The molecule has 0 saturated carbocycles. The van der Waals surface area contributed by atoms with E-state index < -0.39 is 0 Å². The van der Waals surface area contributed by atoms with Crippen LogP contribution in [0.2, 0.25) is 0 Å². The maximum atomic E-state index is 13.0. The molecule has 0 aliphatic heterocycles. The molecule has 0 spiro atoms. The Morgan fingerprint density at radius 1 is 0.356 bits per heavy atom. The average Bonchev–Trinajstić information content (AvgIpc) is 3.12. The topological polar surface area (TPSA) is 68.9 Å². The minimum atomic E-state index is -0.0165. The fraction of sp³-hybridized carbons (Fsp3) is 0. The van der Waals surface area contributed by atoms with Crippen molar-refractivity contribution in [2.75, 3.05) is 0 Å². The Bertz CT molecular complexity index is 2330. The van der Waals surface area contributed by atoms with E-state index in [0.29, 0.717) is 39.4 Å². The van der Waals surface area contributed by atoms with E-state index in [-0.39, 0.29) is 5.43 Å². The highest BCUT2D eigenvalue weighted by atomic mass is 16.3. The molecule has 0 unspecified atom stereocenters. The molecule has 0 radical (unpaired) electrons. The van der Waals surface area contributed by atoms with Gasteiger partial charge in [-0.1, -0.05) is 121 Å². The predicted molar refractivity (Wildman–Crippen MR) is 181 cm³/mol. The van der Waals surface area contributed by atoms with Gasteiger partial charge in [-0.15, -0.1) is 0 Å². The summed E-state index contributed by atoms with van der Waals surface area (Å²) in [5.41, 5.74) is 8.09. The Labute approximate surface area is 259 Å². The Hall–Kier alpha value is -6.20. The molecule has 0 saturated heterocycles. The maximum Gasteiger partial charge on any atom is 0.200 e. The molecule has 2 heterocycles. The van der Waals surface area contributed by atoms with Crippen LogP contribution in [0.1, 0.15) is 0 Å². The van der Waals surface area contributed by atoms with E-state index in [1.165, 1.54) is 0 Å². The third-order valence-corrected chi connectivity index (χ3v) is 7.95. The average molecular weight is 580 g/mol. The molecule has 6 aromatic carbocycles. The first-order valence-electron chi connectivity index (χ1n) is 14.7. The normalized spacial score (nSPS) is 11.2. The number of hydrogen-bond donors (Lipinski definition) is 0. The van der Waals surface area contributed by atoms with Crippen LogP contribution in [-0.4, -0.2) is 15.0 Å². The van der Waals surface area contributed by atoms with Gasteiger partial charge in [-0.25, -0.2) is 15.0 Å². The molecule has 45 heavy (non-hydrogen) atoms. The lowest BCUT2D eigenvalue weighted by Gasteiger charge is -2.10. The number of rotatable bonds is 5. The summed E-state index contributed by atoms with van der Waals surface area (Å²) in [6.07, 6.45) is 0. The molecular formula is C40H25N3O2. The van der Waals surface area contributed by atoms with Gasteiger partial charge in [-0.3, -0.25) is 4.79 Å². The van der Waals surface area contributed by atoms with Crippen LogP contribution in [0.4, 0.5) is 0 Å². The van der Waals surface area contributed by atoms with Crippen LogP contribution in [0.15, 0.2) is 161 Å². The first-order chi connectivity index (χ1) is 22.2. The quantitative estimate of drug-likeness (QED) is 0.190. The van der Waals surface area contributed by atoms with Crippen molar-refractivity contribution in [2.45, 2.75) is 0 Å². The molecule has 0 atom stereocenters. The molecule has 212 valence electrons. The van der Waals surface area contributed by atoms with Crippen LogP contribution in [0.5, 0.6) is 0 Å². The molecule has 8 aromatic rings. The number of fused-ring (bicyclic) bond motifs is 2. The summed E-state index contributed by atoms with van der Waals surface area (Å²) in [7, 11) is 0. The smallest absolute Gasteiger partial charge is 0.200 e. The monoisotopic (exact) mass is 579 g/mol. The van der Waals surface area contributed by atoms with Crippen molar-refractivity contribution in [1.29, 1.82) is 0 Å². The fourth-order valence-electron chi connectivity index (χ4n) is 5.61. The minimum Gasteiger partial charge on any atom is -0.456 e. The molecule has 0 fully saturated rings. The zero-order chi connectivity index (χ0) is 30.2. The van der Waals surface area contributed by atoms with Crippen molar-refractivity contribution in [3.05, 3.63) is 162 Å². The molecular weight excluding hydrogens is 554 g/mol. The third kappa shape index (κ3) is 5.07. The summed E-state index contributed by atoms with van der Waals surface area (Å²) in [5.74, 6) is 1.89. The summed E-state index contributed by atoms with van der Waals surface area (Å²) in [6, 6.07) is 49.7. The summed E-state index contributed by atoms with van der Waals surface area (Å²) in [4.78, 5) is 27.5. The first-order valence-corrected chi connectivity index (χ1v) is 14.7. The number of benzene rings is 6. The first kappa shape index (κ1) is 26.4.